The Morgan fingerprint density at radius 3 is 2.12 bits per heavy atom. The minimum absolute atomic E-state index is 0.723. The minimum Gasteiger partial charge on any atom is -0.319 e. The van der Waals surface area contributed by atoms with E-state index < -0.39 is 0 Å². The molecular weight excluding hydrogens is 196 g/mol. The predicted molar refractivity (Wildman–Crippen MR) is 71.7 cm³/mol. The summed E-state index contributed by atoms with van der Waals surface area (Å²) in [5.74, 6) is 2.58. The summed E-state index contributed by atoms with van der Waals surface area (Å²) in [7, 11) is 2.05. The van der Waals surface area contributed by atoms with Crippen molar-refractivity contribution >= 4 is 0 Å². The van der Waals surface area contributed by atoms with Gasteiger partial charge in [0.1, 0.15) is 0 Å². The van der Waals surface area contributed by atoms with Crippen molar-refractivity contribution in [1.82, 2.24) is 10.2 Å². The van der Waals surface area contributed by atoms with Crippen LogP contribution in [0, 0.1) is 17.8 Å². The molecule has 1 aliphatic rings. The van der Waals surface area contributed by atoms with Gasteiger partial charge in [-0.25, -0.2) is 0 Å². The maximum absolute atomic E-state index is 3.29. The molecule has 0 aromatic carbocycles. The van der Waals surface area contributed by atoms with Crippen LogP contribution in [0.15, 0.2) is 0 Å². The Balaban J connectivity index is 2.35. The molecule has 2 atom stereocenters. The highest BCUT2D eigenvalue weighted by molar-refractivity contribution is 4.80. The molecule has 0 aliphatic carbocycles. The second-order valence-electron chi connectivity index (χ2n) is 5.89. The summed E-state index contributed by atoms with van der Waals surface area (Å²) in [6.07, 6.45) is 2.79. The van der Waals surface area contributed by atoms with Gasteiger partial charge in [-0.1, -0.05) is 20.8 Å². The second kappa shape index (κ2) is 6.61. The number of likely N-dealkylation sites (tertiary alicyclic amines) is 1. The molecule has 2 unspecified atom stereocenters. The third kappa shape index (κ3) is 3.74. The molecule has 1 saturated heterocycles. The standard InChI is InChI=1S/C14H30N2/c1-11(2)14-6-8-16(9-7-14)13(4)12(3)10-15-5/h11-15H,6-10H2,1-5H3. The Bertz CT molecular complexity index is 183. The molecule has 0 aromatic heterocycles. The van der Waals surface area contributed by atoms with Gasteiger partial charge < -0.3 is 10.2 Å². The summed E-state index contributed by atoms with van der Waals surface area (Å²) < 4.78 is 0. The average Bonchev–Trinajstić information content (AvgIpc) is 2.28. The first kappa shape index (κ1) is 14.0. The highest BCUT2D eigenvalue weighted by Crippen LogP contribution is 2.26. The Kier molecular flexibility index (Phi) is 5.77. The Morgan fingerprint density at radius 2 is 1.69 bits per heavy atom. The molecule has 1 aliphatic heterocycles. The average molecular weight is 226 g/mol. The third-order valence-electron chi connectivity index (χ3n) is 4.44. The monoisotopic (exact) mass is 226 g/mol. The van der Waals surface area contributed by atoms with E-state index in [1.807, 2.05) is 7.05 Å². The summed E-state index contributed by atoms with van der Waals surface area (Å²) >= 11 is 0. The van der Waals surface area contributed by atoms with Crippen molar-refractivity contribution in [3.05, 3.63) is 0 Å². The van der Waals surface area contributed by atoms with Gasteiger partial charge in [-0.05, 0) is 64.2 Å². The molecule has 1 heterocycles. The van der Waals surface area contributed by atoms with Crippen LogP contribution < -0.4 is 5.32 Å². The van der Waals surface area contributed by atoms with Crippen LogP contribution in [0.25, 0.3) is 0 Å². The van der Waals surface area contributed by atoms with Crippen molar-refractivity contribution < 1.29 is 0 Å². The molecule has 1 N–H and O–H groups in total. The lowest BCUT2D eigenvalue weighted by Crippen LogP contribution is -2.45. The molecule has 1 fully saturated rings. The van der Waals surface area contributed by atoms with Crippen LogP contribution in [-0.4, -0.2) is 37.6 Å². The molecule has 2 heteroatoms. The van der Waals surface area contributed by atoms with Gasteiger partial charge in [0, 0.05) is 6.04 Å². The van der Waals surface area contributed by atoms with E-state index in [1.54, 1.807) is 0 Å². The smallest absolute Gasteiger partial charge is 0.0105 e. The van der Waals surface area contributed by atoms with Crippen LogP contribution in [0.3, 0.4) is 0 Å². The molecule has 0 amide bonds. The van der Waals surface area contributed by atoms with Crippen LogP contribution in [0.4, 0.5) is 0 Å². The Morgan fingerprint density at radius 1 is 1.12 bits per heavy atom. The minimum atomic E-state index is 0.723. The zero-order valence-electron chi connectivity index (χ0n) is 11.8. The first-order valence-corrected chi connectivity index (χ1v) is 6.95. The highest BCUT2D eigenvalue weighted by atomic mass is 15.2. The molecule has 0 spiro atoms. The van der Waals surface area contributed by atoms with E-state index in [9.17, 15) is 0 Å². The van der Waals surface area contributed by atoms with Crippen molar-refractivity contribution in [3.8, 4) is 0 Å². The van der Waals surface area contributed by atoms with E-state index >= 15 is 0 Å². The summed E-state index contributed by atoms with van der Waals surface area (Å²) in [6, 6.07) is 0.723. The number of hydrogen-bond donors (Lipinski definition) is 1. The fourth-order valence-corrected chi connectivity index (χ4v) is 2.85. The SMILES string of the molecule is CNCC(C)C(C)N1CCC(C(C)C)CC1. The summed E-state index contributed by atoms with van der Waals surface area (Å²) in [5.41, 5.74) is 0. The topological polar surface area (TPSA) is 15.3 Å². The van der Waals surface area contributed by atoms with Crippen LogP contribution in [0.5, 0.6) is 0 Å². The quantitative estimate of drug-likeness (QED) is 0.775. The molecular formula is C14H30N2. The van der Waals surface area contributed by atoms with Gasteiger partial charge in [-0.3, -0.25) is 0 Å². The lowest BCUT2D eigenvalue weighted by atomic mass is 9.85. The van der Waals surface area contributed by atoms with Gasteiger partial charge in [0.25, 0.3) is 0 Å². The van der Waals surface area contributed by atoms with Crippen molar-refractivity contribution in [2.45, 2.75) is 46.6 Å². The van der Waals surface area contributed by atoms with Crippen molar-refractivity contribution in [2.24, 2.45) is 17.8 Å². The Hall–Kier alpha value is -0.0800. The fourth-order valence-electron chi connectivity index (χ4n) is 2.85. The van der Waals surface area contributed by atoms with Crippen molar-refractivity contribution in [1.29, 1.82) is 0 Å². The zero-order chi connectivity index (χ0) is 12.1. The van der Waals surface area contributed by atoms with Crippen molar-refractivity contribution in [3.63, 3.8) is 0 Å². The largest absolute Gasteiger partial charge is 0.319 e. The van der Waals surface area contributed by atoms with E-state index in [0.29, 0.717) is 0 Å². The van der Waals surface area contributed by atoms with Crippen LogP contribution >= 0.6 is 0 Å². The fraction of sp³-hybridized carbons (Fsp3) is 1.00. The van der Waals surface area contributed by atoms with Crippen LogP contribution in [0.2, 0.25) is 0 Å². The summed E-state index contributed by atoms with van der Waals surface area (Å²) in [6.45, 7) is 13.2. The van der Waals surface area contributed by atoms with E-state index in [-0.39, 0.29) is 0 Å². The maximum Gasteiger partial charge on any atom is 0.0105 e. The third-order valence-corrected chi connectivity index (χ3v) is 4.44. The van der Waals surface area contributed by atoms with E-state index in [2.05, 4.69) is 37.9 Å². The van der Waals surface area contributed by atoms with Gasteiger partial charge >= 0.3 is 0 Å². The van der Waals surface area contributed by atoms with Gasteiger partial charge in [0.15, 0.2) is 0 Å². The molecule has 0 saturated carbocycles. The molecule has 0 bridgehead atoms. The van der Waals surface area contributed by atoms with Crippen LogP contribution in [0.1, 0.15) is 40.5 Å². The summed E-state index contributed by atoms with van der Waals surface area (Å²) in [5, 5.41) is 3.29. The van der Waals surface area contributed by atoms with E-state index in [4.69, 9.17) is 0 Å². The van der Waals surface area contributed by atoms with Gasteiger partial charge in [-0.2, -0.15) is 0 Å². The normalized spacial score (nSPS) is 23.6. The number of rotatable bonds is 5. The number of nitrogens with one attached hydrogen (secondary N) is 1. The molecule has 0 aromatic rings. The van der Waals surface area contributed by atoms with E-state index in [0.717, 1.165) is 30.3 Å². The lowest BCUT2D eigenvalue weighted by molar-refractivity contribution is 0.0957. The first-order valence-electron chi connectivity index (χ1n) is 6.95. The van der Waals surface area contributed by atoms with Crippen LogP contribution in [-0.2, 0) is 0 Å². The molecule has 96 valence electrons. The zero-order valence-corrected chi connectivity index (χ0v) is 11.8. The van der Waals surface area contributed by atoms with Gasteiger partial charge in [0.2, 0.25) is 0 Å². The highest BCUT2D eigenvalue weighted by Gasteiger charge is 2.26. The number of piperidine rings is 1. The Labute approximate surface area is 102 Å². The lowest BCUT2D eigenvalue weighted by Gasteiger charge is -2.39. The van der Waals surface area contributed by atoms with Gasteiger partial charge in [0.05, 0.1) is 0 Å². The maximum atomic E-state index is 3.29. The van der Waals surface area contributed by atoms with E-state index in [1.165, 1.54) is 25.9 Å². The first-order chi connectivity index (χ1) is 7.56. The van der Waals surface area contributed by atoms with Crippen molar-refractivity contribution in [2.75, 3.05) is 26.7 Å². The molecule has 16 heavy (non-hydrogen) atoms. The second-order valence-corrected chi connectivity index (χ2v) is 5.89. The number of nitrogens with zero attached hydrogens (tertiary/aromatic N) is 1. The van der Waals surface area contributed by atoms with Gasteiger partial charge in [-0.15, -0.1) is 0 Å². The predicted octanol–water partition coefficient (Wildman–Crippen LogP) is 2.60. The molecule has 1 rings (SSSR count). The summed E-state index contributed by atoms with van der Waals surface area (Å²) in [4.78, 5) is 2.68. The molecule has 2 nitrogen and oxygen atoms in total. The molecule has 0 radical (unpaired) electrons. The number of hydrogen-bond acceptors (Lipinski definition) is 2.